The van der Waals surface area contributed by atoms with Crippen LogP contribution in [-0.4, -0.2) is 18.5 Å². The van der Waals surface area contributed by atoms with Gasteiger partial charge in [0.05, 0.1) is 19.1 Å². The average Bonchev–Trinajstić information content (AvgIpc) is 2.36. The van der Waals surface area contributed by atoms with Crippen LogP contribution in [0.1, 0.15) is 49.9 Å². The molecule has 108 valence electrons. The number of hydrogen-bond donors (Lipinski definition) is 0. The Morgan fingerprint density at radius 1 is 1.25 bits per heavy atom. The van der Waals surface area contributed by atoms with Gasteiger partial charge in [-0.05, 0) is 49.3 Å². The van der Waals surface area contributed by atoms with E-state index >= 15 is 0 Å². The summed E-state index contributed by atoms with van der Waals surface area (Å²) in [5.41, 5.74) is 0.385. The van der Waals surface area contributed by atoms with Gasteiger partial charge in [0.15, 0.2) is 5.78 Å². The number of rotatable bonds is 1. The fourth-order valence-electron chi connectivity index (χ4n) is 4.03. The Morgan fingerprint density at radius 2 is 1.95 bits per heavy atom. The maximum absolute atomic E-state index is 12.5. The monoisotopic (exact) mass is 274 g/mol. The molecule has 1 saturated carbocycles. The lowest BCUT2D eigenvalue weighted by Crippen LogP contribution is -2.47. The van der Waals surface area contributed by atoms with Crippen molar-refractivity contribution < 1.29 is 14.3 Å². The van der Waals surface area contributed by atoms with Crippen molar-refractivity contribution in [2.45, 2.75) is 45.1 Å². The van der Waals surface area contributed by atoms with Crippen molar-refractivity contribution in [3.05, 3.63) is 23.8 Å². The Bertz CT molecular complexity index is 525. The van der Waals surface area contributed by atoms with E-state index in [2.05, 4.69) is 13.8 Å². The van der Waals surface area contributed by atoms with Gasteiger partial charge in [-0.25, -0.2) is 0 Å². The molecular formula is C17H22O3. The van der Waals surface area contributed by atoms with Crippen molar-refractivity contribution in [1.29, 1.82) is 0 Å². The average molecular weight is 274 g/mol. The smallest absolute Gasteiger partial charge is 0.170 e. The predicted octanol–water partition coefficient (Wildman–Crippen LogP) is 3.86. The predicted molar refractivity (Wildman–Crippen MR) is 77.5 cm³/mol. The van der Waals surface area contributed by atoms with E-state index in [1.165, 1.54) is 6.42 Å². The van der Waals surface area contributed by atoms with Crippen molar-refractivity contribution >= 4 is 5.78 Å². The SMILES string of the molecule is COc1ccc2c(c1)C(=O)CC1(CC(C)CC(C)C1)O2. The van der Waals surface area contributed by atoms with Gasteiger partial charge in [0, 0.05) is 0 Å². The molecule has 0 radical (unpaired) electrons. The lowest BCUT2D eigenvalue weighted by molar-refractivity contribution is -0.0174. The first kappa shape index (κ1) is 13.5. The molecule has 0 amide bonds. The maximum atomic E-state index is 12.5. The minimum absolute atomic E-state index is 0.187. The van der Waals surface area contributed by atoms with Crippen LogP contribution in [0.5, 0.6) is 11.5 Å². The van der Waals surface area contributed by atoms with Gasteiger partial charge in [0.25, 0.3) is 0 Å². The second-order valence-corrected chi connectivity index (χ2v) is 6.60. The molecule has 0 saturated heterocycles. The highest BCUT2D eigenvalue weighted by Crippen LogP contribution is 2.45. The number of Topliss-reactive ketones (excluding diaryl/α,β-unsaturated/α-hetero) is 1. The minimum Gasteiger partial charge on any atom is -0.497 e. The summed E-state index contributed by atoms with van der Waals surface area (Å²) in [6, 6.07) is 5.53. The second kappa shape index (κ2) is 4.80. The summed E-state index contributed by atoms with van der Waals surface area (Å²) in [4.78, 5) is 12.5. The molecule has 20 heavy (non-hydrogen) atoms. The Kier molecular flexibility index (Phi) is 3.23. The number of methoxy groups -OCH3 is 1. The fraction of sp³-hybridized carbons (Fsp3) is 0.588. The zero-order chi connectivity index (χ0) is 14.3. The number of carbonyl (C=O) groups is 1. The van der Waals surface area contributed by atoms with E-state index in [-0.39, 0.29) is 11.4 Å². The van der Waals surface area contributed by atoms with Crippen molar-refractivity contribution in [3.8, 4) is 11.5 Å². The molecule has 3 heteroatoms. The largest absolute Gasteiger partial charge is 0.497 e. The highest BCUT2D eigenvalue weighted by molar-refractivity contribution is 6.00. The van der Waals surface area contributed by atoms with E-state index in [1.54, 1.807) is 13.2 Å². The minimum atomic E-state index is -0.282. The van der Waals surface area contributed by atoms with Crippen molar-refractivity contribution in [2.24, 2.45) is 11.8 Å². The number of ketones is 1. The third-order valence-electron chi connectivity index (χ3n) is 4.54. The van der Waals surface area contributed by atoms with Gasteiger partial charge in [-0.15, -0.1) is 0 Å². The lowest BCUT2D eigenvalue weighted by Gasteiger charge is -2.45. The molecule has 2 atom stereocenters. The molecule has 0 N–H and O–H groups in total. The molecule has 1 fully saturated rings. The number of hydrogen-bond acceptors (Lipinski definition) is 3. The second-order valence-electron chi connectivity index (χ2n) is 6.60. The van der Waals surface area contributed by atoms with E-state index < -0.39 is 0 Å². The molecule has 1 heterocycles. The topological polar surface area (TPSA) is 35.5 Å². The first-order valence-electron chi connectivity index (χ1n) is 7.41. The van der Waals surface area contributed by atoms with Crippen molar-refractivity contribution in [2.75, 3.05) is 7.11 Å². The van der Waals surface area contributed by atoms with E-state index in [0.717, 1.165) is 18.6 Å². The Balaban J connectivity index is 1.94. The van der Waals surface area contributed by atoms with E-state index in [4.69, 9.17) is 9.47 Å². The van der Waals surface area contributed by atoms with Crippen LogP contribution >= 0.6 is 0 Å². The Hall–Kier alpha value is -1.51. The first-order valence-corrected chi connectivity index (χ1v) is 7.41. The molecular weight excluding hydrogens is 252 g/mol. The molecule has 1 aliphatic carbocycles. The molecule has 1 aromatic carbocycles. The number of fused-ring (bicyclic) bond motifs is 1. The van der Waals surface area contributed by atoms with Crippen LogP contribution in [0.4, 0.5) is 0 Å². The van der Waals surface area contributed by atoms with Crippen LogP contribution in [0, 0.1) is 11.8 Å². The molecule has 2 aliphatic rings. The van der Waals surface area contributed by atoms with E-state index in [1.807, 2.05) is 12.1 Å². The molecule has 3 rings (SSSR count). The summed E-state index contributed by atoms with van der Waals surface area (Å²) in [7, 11) is 1.61. The Morgan fingerprint density at radius 3 is 2.60 bits per heavy atom. The molecule has 1 aromatic rings. The number of carbonyl (C=O) groups excluding carboxylic acids is 1. The zero-order valence-corrected chi connectivity index (χ0v) is 12.4. The van der Waals surface area contributed by atoms with Crippen molar-refractivity contribution in [1.82, 2.24) is 0 Å². The quantitative estimate of drug-likeness (QED) is 0.780. The van der Waals surface area contributed by atoms with Gasteiger partial charge >= 0.3 is 0 Å². The summed E-state index contributed by atoms with van der Waals surface area (Å²) in [5, 5.41) is 0. The molecule has 1 spiro atoms. The summed E-state index contributed by atoms with van der Waals surface area (Å²) < 4.78 is 11.5. The van der Waals surface area contributed by atoms with Gasteiger partial charge < -0.3 is 9.47 Å². The summed E-state index contributed by atoms with van der Waals surface area (Å²) in [6.45, 7) is 4.52. The highest BCUT2D eigenvalue weighted by atomic mass is 16.5. The van der Waals surface area contributed by atoms with Crippen LogP contribution in [0.3, 0.4) is 0 Å². The third kappa shape index (κ3) is 2.30. The molecule has 0 aromatic heterocycles. The summed E-state index contributed by atoms with van der Waals surface area (Å²) >= 11 is 0. The van der Waals surface area contributed by atoms with E-state index in [0.29, 0.717) is 29.6 Å². The van der Waals surface area contributed by atoms with Gasteiger partial charge in [-0.3, -0.25) is 4.79 Å². The van der Waals surface area contributed by atoms with Crippen LogP contribution < -0.4 is 9.47 Å². The summed E-state index contributed by atoms with van der Waals surface area (Å²) in [6.07, 6.45) is 3.69. The lowest BCUT2D eigenvalue weighted by atomic mass is 9.70. The summed E-state index contributed by atoms with van der Waals surface area (Å²) in [5.74, 6) is 2.86. The van der Waals surface area contributed by atoms with Gasteiger partial charge in [-0.1, -0.05) is 13.8 Å². The molecule has 2 unspecified atom stereocenters. The van der Waals surface area contributed by atoms with Gasteiger partial charge in [-0.2, -0.15) is 0 Å². The zero-order valence-electron chi connectivity index (χ0n) is 12.4. The maximum Gasteiger partial charge on any atom is 0.170 e. The first-order chi connectivity index (χ1) is 9.51. The Labute approximate surface area is 120 Å². The number of benzene rings is 1. The standard InChI is InChI=1S/C17H22O3/c1-11-6-12(2)9-17(8-11)10-15(18)14-7-13(19-3)4-5-16(14)20-17/h4-5,7,11-12H,6,8-10H2,1-3H3. The molecule has 0 bridgehead atoms. The van der Waals surface area contributed by atoms with Crippen LogP contribution in [0.25, 0.3) is 0 Å². The third-order valence-corrected chi connectivity index (χ3v) is 4.54. The normalized spacial score (nSPS) is 32.6. The van der Waals surface area contributed by atoms with Crippen molar-refractivity contribution in [3.63, 3.8) is 0 Å². The van der Waals surface area contributed by atoms with Crippen LogP contribution in [0.15, 0.2) is 18.2 Å². The molecule has 1 aliphatic heterocycles. The fourth-order valence-corrected chi connectivity index (χ4v) is 4.03. The van der Waals surface area contributed by atoms with E-state index in [9.17, 15) is 4.79 Å². The number of ether oxygens (including phenoxy) is 2. The van der Waals surface area contributed by atoms with Gasteiger partial charge in [0.2, 0.25) is 0 Å². The van der Waals surface area contributed by atoms with Crippen LogP contribution in [0.2, 0.25) is 0 Å². The molecule has 3 nitrogen and oxygen atoms in total. The van der Waals surface area contributed by atoms with Crippen LogP contribution in [-0.2, 0) is 0 Å². The highest BCUT2D eigenvalue weighted by Gasteiger charge is 2.45. The van der Waals surface area contributed by atoms with Gasteiger partial charge in [0.1, 0.15) is 17.1 Å².